The third kappa shape index (κ3) is 2.05. The maximum absolute atomic E-state index is 12.1. The second kappa shape index (κ2) is 4.60. The van der Waals surface area contributed by atoms with Gasteiger partial charge in [-0.05, 0) is 23.9 Å². The number of hydrogen-bond acceptors (Lipinski definition) is 3. The lowest BCUT2D eigenvalue weighted by Crippen LogP contribution is -2.02. The first-order chi connectivity index (χ1) is 7.72. The van der Waals surface area contributed by atoms with E-state index in [2.05, 4.69) is 0 Å². The summed E-state index contributed by atoms with van der Waals surface area (Å²) in [4.78, 5) is 13.2. The van der Waals surface area contributed by atoms with Gasteiger partial charge in [0, 0.05) is 22.5 Å². The standard InChI is InChI=1S/C13H13NOS/c1-9-12(6-7-16-9)13(15)11-4-2-10(8-14)3-5-11/h2-7H,8,14H2,1H3. The average molecular weight is 231 g/mol. The third-order valence-corrected chi connectivity index (χ3v) is 3.40. The summed E-state index contributed by atoms with van der Waals surface area (Å²) in [7, 11) is 0. The lowest BCUT2D eigenvalue weighted by molar-refractivity contribution is 0.103. The van der Waals surface area contributed by atoms with E-state index in [0.717, 1.165) is 21.6 Å². The van der Waals surface area contributed by atoms with Gasteiger partial charge >= 0.3 is 0 Å². The zero-order valence-corrected chi connectivity index (χ0v) is 9.88. The molecule has 0 saturated heterocycles. The Kier molecular flexibility index (Phi) is 3.17. The molecule has 0 radical (unpaired) electrons. The van der Waals surface area contributed by atoms with Gasteiger partial charge in [0.2, 0.25) is 0 Å². The summed E-state index contributed by atoms with van der Waals surface area (Å²) in [5.41, 5.74) is 8.07. The first-order valence-electron chi connectivity index (χ1n) is 5.10. The van der Waals surface area contributed by atoms with Gasteiger partial charge in [-0.25, -0.2) is 0 Å². The molecule has 0 unspecified atom stereocenters. The van der Waals surface area contributed by atoms with Gasteiger partial charge in [-0.3, -0.25) is 4.79 Å². The molecule has 82 valence electrons. The largest absolute Gasteiger partial charge is 0.326 e. The van der Waals surface area contributed by atoms with Crippen LogP contribution in [0.15, 0.2) is 35.7 Å². The Morgan fingerprint density at radius 3 is 2.44 bits per heavy atom. The Morgan fingerprint density at radius 1 is 1.25 bits per heavy atom. The van der Waals surface area contributed by atoms with E-state index in [4.69, 9.17) is 5.73 Å². The summed E-state index contributed by atoms with van der Waals surface area (Å²) in [6.45, 7) is 2.47. The molecular weight excluding hydrogens is 218 g/mol. The molecular formula is C13H13NOS. The molecule has 2 N–H and O–H groups in total. The van der Waals surface area contributed by atoms with Crippen LogP contribution in [0.4, 0.5) is 0 Å². The van der Waals surface area contributed by atoms with Crippen LogP contribution in [0.5, 0.6) is 0 Å². The maximum Gasteiger partial charge on any atom is 0.194 e. The molecule has 0 aliphatic carbocycles. The maximum atomic E-state index is 12.1. The fourth-order valence-electron chi connectivity index (χ4n) is 1.57. The Morgan fingerprint density at radius 2 is 1.94 bits per heavy atom. The van der Waals surface area contributed by atoms with E-state index in [9.17, 15) is 4.79 Å². The van der Waals surface area contributed by atoms with Gasteiger partial charge in [-0.2, -0.15) is 0 Å². The van der Waals surface area contributed by atoms with Crippen molar-refractivity contribution in [1.29, 1.82) is 0 Å². The Labute approximate surface area is 98.7 Å². The smallest absolute Gasteiger partial charge is 0.194 e. The van der Waals surface area contributed by atoms with Crippen LogP contribution in [-0.4, -0.2) is 5.78 Å². The molecule has 0 spiro atoms. The highest BCUT2D eigenvalue weighted by molar-refractivity contribution is 7.10. The van der Waals surface area contributed by atoms with Crippen LogP contribution >= 0.6 is 11.3 Å². The van der Waals surface area contributed by atoms with Crippen LogP contribution in [0.1, 0.15) is 26.4 Å². The van der Waals surface area contributed by atoms with Crippen molar-refractivity contribution in [1.82, 2.24) is 0 Å². The monoisotopic (exact) mass is 231 g/mol. The van der Waals surface area contributed by atoms with Gasteiger partial charge in [0.1, 0.15) is 0 Å². The quantitative estimate of drug-likeness (QED) is 0.825. The zero-order valence-electron chi connectivity index (χ0n) is 9.07. The van der Waals surface area contributed by atoms with E-state index >= 15 is 0 Å². The van der Waals surface area contributed by atoms with Crippen molar-refractivity contribution in [2.75, 3.05) is 0 Å². The number of carbonyl (C=O) groups is 1. The highest BCUT2D eigenvalue weighted by Gasteiger charge is 2.11. The SMILES string of the molecule is Cc1sccc1C(=O)c1ccc(CN)cc1. The molecule has 0 atom stereocenters. The fraction of sp³-hybridized carbons (Fsp3) is 0.154. The topological polar surface area (TPSA) is 43.1 Å². The second-order valence-electron chi connectivity index (χ2n) is 3.62. The van der Waals surface area contributed by atoms with E-state index in [0.29, 0.717) is 6.54 Å². The van der Waals surface area contributed by atoms with E-state index < -0.39 is 0 Å². The summed E-state index contributed by atoms with van der Waals surface area (Å²) in [6, 6.07) is 9.34. The van der Waals surface area contributed by atoms with Crippen molar-refractivity contribution in [3.63, 3.8) is 0 Å². The number of nitrogens with two attached hydrogens (primary N) is 1. The Balaban J connectivity index is 2.31. The van der Waals surface area contributed by atoms with Crippen LogP contribution in [0.25, 0.3) is 0 Å². The first-order valence-corrected chi connectivity index (χ1v) is 5.98. The van der Waals surface area contributed by atoms with Crippen molar-refractivity contribution in [3.8, 4) is 0 Å². The predicted molar refractivity (Wildman–Crippen MR) is 66.8 cm³/mol. The highest BCUT2D eigenvalue weighted by atomic mass is 32.1. The third-order valence-electron chi connectivity index (χ3n) is 2.56. The molecule has 2 aromatic rings. The Hall–Kier alpha value is -1.45. The molecule has 2 nitrogen and oxygen atoms in total. The van der Waals surface area contributed by atoms with Crippen LogP contribution in [0.3, 0.4) is 0 Å². The lowest BCUT2D eigenvalue weighted by atomic mass is 10.0. The molecule has 2 rings (SSSR count). The van der Waals surface area contributed by atoms with E-state index in [1.807, 2.05) is 42.6 Å². The van der Waals surface area contributed by atoms with Gasteiger partial charge in [0.25, 0.3) is 0 Å². The number of carbonyl (C=O) groups excluding carboxylic acids is 1. The van der Waals surface area contributed by atoms with Gasteiger partial charge in [0.15, 0.2) is 5.78 Å². The molecule has 3 heteroatoms. The van der Waals surface area contributed by atoms with E-state index in [1.165, 1.54) is 0 Å². The molecule has 0 aliphatic rings. The molecule has 0 fully saturated rings. The number of ketones is 1. The summed E-state index contributed by atoms with van der Waals surface area (Å²) in [5, 5.41) is 1.94. The Bertz CT molecular complexity index is 499. The van der Waals surface area contributed by atoms with Crippen molar-refractivity contribution < 1.29 is 4.79 Å². The first kappa shape index (κ1) is 11.0. The molecule has 1 aromatic heterocycles. The normalized spacial score (nSPS) is 10.4. The average Bonchev–Trinajstić information content (AvgIpc) is 2.75. The number of thiophene rings is 1. The fourth-order valence-corrected chi connectivity index (χ4v) is 2.26. The molecule has 0 amide bonds. The van der Waals surface area contributed by atoms with Crippen LogP contribution in [0.2, 0.25) is 0 Å². The molecule has 1 aromatic carbocycles. The zero-order chi connectivity index (χ0) is 11.5. The van der Waals surface area contributed by atoms with Gasteiger partial charge in [0.05, 0.1) is 0 Å². The van der Waals surface area contributed by atoms with Crippen molar-refractivity contribution in [2.24, 2.45) is 5.73 Å². The molecule has 0 aliphatic heterocycles. The van der Waals surface area contributed by atoms with Crippen LogP contribution in [-0.2, 0) is 6.54 Å². The molecule has 16 heavy (non-hydrogen) atoms. The van der Waals surface area contributed by atoms with Gasteiger partial charge in [-0.1, -0.05) is 24.3 Å². The van der Waals surface area contributed by atoms with Gasteiger partial charge in [-0.15, -0.1) is 11.3 Å². The minimum atomic E-state index is 0.0855. The number of hydrogen-bond donors (Lipinski definition) is 1. The van der Waals surface area contributed by atoms with E-state index in [1.54, 1.807) is 11.3 Å². The predicted octanol–water partition coefficient (Wildman–Crippen LogP) is 2.75. The van der Waals surface area contributed by atoms with Crippen molar-refractivity contribution in [3.05, 3.63) is 57.3 Å². The summed E-state index contributed by atoms with van der Waals surface area (Å²) in [5.74, 6) is 0.0855. The number of benzene rings is 1. The highest BCUT2D eigenvalue weighted by Crippen LogP contribution is 2.19. The summed E-state index contributed by atoms with van der Waals surface area (Å²) in [6.07, 6.45) is 0. The molecule has 1 heterocycles. The van der Waals surface area contributed by atoms with E-state index in [-0.39, 0.29) is 5.78 Å². The van der Waals surface area contributed by atoms with Gasteiger partial charge < -0.3 is 5.73 Å². The summed E-state index contributed by atoms with van der Waals surface area (Å²) < 4.78 is 0. The lowest BCUT2D eigenvalue weighted by Gasteiger charge is -2.01. The molecule has 0 saturated carbocycles. The molecule has 0 bridgehead atoms. The summed E-state index contributed by atoms with van der Waals surface area (Å²) >= 11 is 1.59. The minimum absolute atomic E-state index is 0.0855. The van der Waals surface area contributed by atoms with Crippen LogP contribution in [0, 0.1) is 6.92 Å². The van der Waals surface area contributed by atoms with Crippen LogP contribution < -0.4 is 5.73 Å². The number of aryl methyl sites for hydroxylation is 1. The second-order valence-corrected chi connectivity index (χ2v) is 4.74. The number of rotatable bonds is 3. The van der Waals surface area contributed by atoms with Crippen molar-refractivity contribution in [2.45, 2.75) is 13.5 Å². The minimum Gasteiger partial charge on any atom is -0.326 e. The van der Waals surface area contributed by atoms with Crippen molar-refractivity contribution >= 4 is 17.1 Å².